The molecule has 0 spiro atoms. The van der Waals surface area contributed by atoms with Gasteiger partial charge in [-0.3, -0.25) is 9.78 Å². The molecule has 0 aliphatic carbocycles. The molecule has 0 aliphatic heterocycles. The quantitative estimate of drug-likeness (QED) is 0.879. The van der Waals surface area contributed by atoms with Crippen molar-refractivity contribution >= 4 is 28.9 Å². The molecule has 0 fully saturated rings. The van der Waals surface area contributed by atoms with E-state index in [2.05, 4.69) is 15.6 Å². The Balaban J connectivity index is 2.13. The number of halogens is 1. The summed E-state index contributed by atoms with van der Waals surface area (Å²) >= 11 is 6.04. The molecule has 0 unspecified atom stereocenters. The number of nitrogens with one attached hydrogen (secondary N) is 2. The zero-order chi connectivity index (χ0) is 16.1. The number of aromatic nitrogens is 1. The number of amides is 1. The lowest BCUT2D eigenvalue weighted by Crippen LogP contribution is -2.14. The van der Waals surface area contributed by atoms with Crippen molar-refractivity contribution in [1.82, 2.24) is 4.98 Å². The molecule has 5 nitrogen and oxygen atoms in total. The maximum atomic E-state index is 12.3. The van der Waals surface area contributed by atoms with Gasteiger partial charge in [0.05, 0.1) is 23.4 Å². The van der Waals surface area contributed by atoms with E-state index >= 15 is 0 Å². The van der Waals surface area contributed by atoms with E-state index in [0.717, 1.165) is 5.69 Å². The number of ether oxygens (including phenoxy) is 1. The number of carbonyl (C=O) groups is 1. The third-order valence-electron chi connectivity index (χ3n) is 2.87. The first-order valence-corrected chi connectivity index (χ1v) is 7.24. The molecule has 0 radical (unpaired) electrons. The molecule has 0 atom stereocenters. The van der Waals surface area contributed by atoms with Gasteiger partial charge in [-0.25, -0.2) is 0 Å². The van der Waals surface area contributed by atoms with Gasteiger partial charge in [0.25, 0.3) is 5.91 Å². The number of pyridine rings is 1. The van der Waals surface area contributed by atoms with E-state index in [1.165, 1.54) is 6.20 Å². The van der Waals surface area contributed by atoms with E-state index in [1.807, 2.05) is 13.8 Å². The van der Waals surface area contributed by atoms with Crippen LogP contribution in [0.2, 0.25) is 5.02 Å². The van der Waals surface area contributed by atoms with E-state index in [-0.39, 0.29) is 11.9 Å². The van der Waals surface area contributed by atoms with E-state index in [0.29, 0.717) is 22.0 Å². The van der Waals surface area contributed by atoms with Crippen molar-refractivity contribution < 1.29 is 9.53 Å². The summed E-state index contributed by atoms with van der Waals surface area (Å²) in [6, 6.07) is 7.09. The first-order chi connectivity index (χ1) is 10.5. The molecule has 6 heteroatoms. The summed E-state index contributed by atoms with van der Waals surface area (Å²) in [7, 11) is 1.54. The summed E-state index contributed by atoms with van der Waals surface area (Å²) in [6.45, 7) is 4.04. The monoisotopic (exact) mass is 319 g/mol. The van der Waals surface area contributed by atoms with Gasteiger partial charge >= 0.3 is 0 Å². The number of hydrogen-bond donors (Lipinski definition) is 2. The Morgan fingerprint density at radius 1 is 1.23 bits per heavy atom. The average Bonchev–Trinajstić information content (AvgIpc) is 2.47. The Morgan fingerprint density at radius 3 is 2.64 bits per heavy atom. The zero-order valence-electron chi connectivity index (χ0n) is 12.7. The van der Waals surface area contributed by atoms with Crippen LogP contribution in [0.1, 0.15) is 24.2 Å². The van der Waals surface area contributed by atoms with Gasteiger partial charge in [-0.2, -0.15) is 0 Å². The molecule has 1 aromatic carbocycles. The van der Waals surface area contributed by atoms with Gasteiger partial charge in [0.15, 0.2) is 0 Å². The molecule has 2 N–H and O–H groups in total. The van der Waals surface area contributed by atoms with Crippen molar-refractivity contribution in [3.63, 3.8) is 0 Å². The van der Waals surface area contributed by atoms with Gasteiger partial charge in [0, 0.05) is 24.1 Å². The average molecular weight is 320 g/mol. The standard InChI is InChI=1S/C16H18ClN3O2/c1-10(2)19-13-6-11(8-18-9-13)16(21)20-12-4-5-15(22-3)14(17)7-12/h4-10,19H,1-3H3,(H,20,21). The highest BCUT2D eigenvalue weighted by molar-refractivity contribution is 6.32. The van der Waals surface area contributed by atoms with Crippen LogP contribution in [0, 0.1) is 0 Å². The van der Waals surface area contributed by atoms with Crippen molar-refractivity contribution in [2.24, 2.45) is 0 Å². The van der Waals surface area contributed by atoms with E-state index < -0.39 is 0 Å². The van der Waals surface area contributed by atoms with Gasteiger partial charge in [-0.1, -0.05) is 11.6 Å². The molecule has 22 heavy (non-hydrogen) atoms. The summed E-state index contributed by atoms with van der Waals surface area (Å²) < 4.78 is 5.08. The SMILES string of the molecule is COc1ccc(NC(=O)c2cncc(NC(C)C)c2)cc1Cl. The minimum Gasteiger partial charge on any atom is -0.495 e. The predicted molar refractivity (Wildman–Crippen MR) is 89.0 cm³/mol. The fourth-order valence-corrected chi connectivity index (χ4v) is 2.18. The second-order valence-corrected chi connectivity index (χ2v) is 5.47. The minimum atomic E-state index is -0.249. The van der Waals surface area contributed by atoms with Crippen LogP contribution >= 0.6 is 11.6 Å². The topological polar surface area (TPSA) is 63.2 Å². The van der Waals surface area contributed by atoms with Gasteiger partial charge < -0.3 is 15.4 Å². The summed E-state index contributed by atoms with van der Waals surface area (Å²) in [5.74, 6) is 0.311. The lowest BCUT2D eigenvalue weighted by atomic mass is 10.2. The maximum absolute atomic E-state index is 12.3. The third-order valence-corrected chi connectivity index (χ3v) is 3.16. The zero-order valence-corrected chi connectivity index (χ0v) is 13.4. The predicted octanol–water partition coefficient (Wildman–Crippen LogP) is 3.82. The van der Waals surface area contributed by atoms with Crippen LogP contribution in [0.15, 0.2) is 36.7 Å². The van der Waals surface area contributed by atoms with Crippen molar-refractivity contribution in [3.05, 3.63) is 47.2 Å². The Bertz CT molecular complexity index is 674. The van der Waals surface area contributed by atoms with Crippen LogP contribution in [-0.2, 0) is 0 Å². The Morgan fingerprint density at radius 2 is 2.00 bits per heavy atom. The number of nitrogens with zero attached hydrogens (tertiary/aromatic N) is 1. The fourth-order valence-electron chi connectivity index (χ4n) is 1.92. The normalized spacial score (nSPS) is 10.4. The smallest absolute Gasteiger partial charge is 0.257 e. The third kappa shape index (κ3) is 4.11. The molecule has 0 bridgehead atoms. The van der Waals surface area contributed by atoms with Crippen molar-refractivity contribution in [2.75, 3.05) is 17.7 Å². The Kier molecular flexibility index (Phi) is 5.22. The molecule has 2 aromatic rings. The molecule has 0 aliphatic rings. The molecular formula is C16H18ClN3O2. The summed E-state index contributed by atoms with van der Waals surface area (Å²) in [4.78, 5) is 16.3. The van der Waals surface area contributed by atoms with Gasteiger partial charge in [-0.15, -0.1) is 0 Å². The highest BCUT2D eigenvalue weighted by Crippen LogP contribution is 2.27. The number of benzene rings is 1. The molecule has 0 saturated heterocycles. The van der Waals surface area contributed by atoms with Crippen molar-refractivity contribution in [2.45, 2.75) is 19.9 Å². The number of hydrogen-bond acceptors (Lipinski definition) is 4. The molecule has 1 amide bonds. The molecule has 1 heterocycles. The van der Waals surface area contributed by atoms with E-state index in [1.54, 1.807) is 37.6 Å². The number of carbonyl (C=O) groups excluding carboxylic acids is 1. The van der Waals surface area contributed by atoms with Crippen LogP contribution in [0.3, 0.4) is 0 Å². The van der Waals surface area contributed by atoms with Gasteiger partial charge in [0.2, 0.25) is 0 Å². The van der Waals surface area contributed by atoms with Gasteiger partial charge in [-0.05, 0) is 38.1 Å². The lowest BCUT2D eigenvalue weighted by molar-refractivity contribution is 0.102. The van der Waals surface area contributed by atoms with Crippen LogP contribution in [0.5, 0.6) is 5.75 Å². The molecule has 0 saturated carbocycles. The van der Waals surface area contributed by atoms with Crippen LogP contribution in [0.25, 0.3) is 0 Å². The first-order valence-electron chi connectivity index (χ1n) is 6.86. The molecule has 1 aromatic heterocycles. The second kappa shape index (κ2) is 7.13. The number of rotatable bonds is 5. The van der Waals surface area contributed by atoms with Gasteiger partial charge in [0.1, 0.15) is 5.75 Å². The Labute approximate surface area is 134 Å². The lowest BCUT2D eigenvalue weighted by Gasteiger charge is -2.11. The number of methoxy groups -OCH3 is 1. The maximum Gasteiger partial charge on any atom is 0.257 e. The van der Waals surface area contributed by atoms with Crippen molar-refractivity contribution in [3.8, 4) is 5.75 Å². The van der Waals surface area contributed by atoms with Crippen LogP contribution < -0.4 is 15.4 Å². The van der Waals surface area contributed by atoms with E-state index in [9.17, 15) is 4.79 Å². The minimum absolute atomic E-state index is 0.249. The van der Waals surface area contributed by atoms with Crippen LogP contribution in [0.4, 0.5) is 11.4 Å². The van der Waals surface area contributed by atoms with Crippen LogP contribution in [-0.4, -0.2) is 24.0 Å². The first kappa shape index (κ1) is 16.1. The summed E-state index contributed by atoms with van der Waals surface area (Å²) in [5, 5.41) is 6.43. The van der Waals surface area contributed by atoms with E-state index in [4.69, 9.17) is 16.3 Å². The fraction of sp³-hybridized carbons (Fsp3) is 0.250. The second-order valence-electron chi connectivity index (χ2n) is 5.06. The molecule has 2 rings (SSSR count). The molecule has 116 valence electrons. The highest BCUT2D eigenvalue weighted by Gasteiger charge is 2.09. The summed E-state index contributed by atoms with van der Waals surface area (Å²) in [6.07, 6.45) is 3.20. The largest absolute Gasteiger partial charge is 0.495 e. The van der Waals surface area contributed by atoms with Crippen molar-refractivity contribution in [1.29, 1.82) is 0 Å². The molecular weight excluding hydrogens is 302 g/mol. The highest BCUT2D eigenvalue weighted by atomic mass is 35.5. The number of anilines is 2. The summed E-state index contributed by atoms with van der Waals surface area (Å²) in [5.41, 5.74) is 1.87. The Hall–Kier alpha value is -2.27.